The van der Waals surface area contributed by atoms with Crippen molar-refractivity contribution in [2.24, 2.45) is 0 Å². The van der Waals surface area contributed by atoms with Gasteiger partial charge in [0, 0.05) is 29.1 Å². The molecule has 30 heavy (non-hydrogen) atoms. The normalized spacial score (nSPS) is 11.1. The van der Waals surface area contributed by atoms with E-state index in [-0.39, 0.29) is 0 Å². The number of pyridine rings is 1. The molecule has 5 rings (SSSR count). The predicted octanol–water partition coefficient (Wildman–Crippen LogP) is 2.92. The quantitative estimate of drug-likeness (QED) is 0.467. The van der Waals surface area contributed by atoms with Crippen LogP contribution in [0.5, 0.6) is 5.88 Å². The molecule has 148 valence electrons. The summed E-state index contributed by atoms with van der Waals surface area (Å²) < 4.78 is 7.40. The van der Waals surface area contributed by atoms with Crippen LogP contribution in [0.25, 0.3) is 33.5 Å². The number of aromatic nitrogens is 7. The van der Waals surface area contributed by atoms with Crippen LogP contribution in [-0.2, 0) is 6.54 Å². The van der Waals surface area contributed by atoms with Crippen molar-refractivity contribution in [2.75, 3.05) is 12.8 Å². The van der Waals surface area contributed by atoms with Crippen LogP contribution in [0, 0.1) is 0 Å². The monoisotopic (exact) mass is 398 g/mol. The highest BCUT2D eigenvalue weighted by molar-refractivity contribution is 6.01. The molecule has 9 nitrogen and oxygen atoms in total. The van der Waals surface area contributed by atoms with Gasteiger partial charge >= 0.3 is 0 Å². The van der Waals surface area contributed by atoms with Crippen LogP contribution >= 0.6 is 0 Å². The van der Waals surface area contributed by atoms with Crippen LogP contribution in [0.1, 0.15) is 5.82 Å². The summed E-state index contributed by atoms with van der Waals surface area (Å²) in [7, 11) is 1.59. The molecule has 0 atom stereocenters. The third-order valence-corrected chi connectivity index (χ3v) is 4.84. The summed E-state index contributed by atoms with van der Waals surface area (Å²) >= 11 is 0. The van der Waals surface area contributed by atoms with Crippen molar-refractivity contribution in [1.82, 2.24) is 34.7 Å². The number of fused-ring (bicyclic) bond motifs is 1. The van der Waals surface area contributed by atoms with Gasteiger partial charge in [-0.05, 0) is 12.1 Å². The van der Waals surface area contributed by atoms with E-state index in [1.165, 1.54) is 6.33 Å². The lowest BCUT2D eigenvalue weighted by molar-refractivity contribution is 0.400. The molecule has 0 fully saturated rings. The first kappa shape index (κ1) is 17.8. The molecule has 4 heterocycles. The molecule has 0 unspecified atom stereocenters. The van der Waals surface area contributed by atoms with Gasteiger partial charge in [-0.15, -0.1) is 10.2 Å². The Hall–Kier alpha value is -4.27. The molecule has 0 aliphatic carbocycles. The first-order valence-electron chi connectivity index (χ1n) is 9.30. The number of nitrogens with two attached hydrogens (primary N) is 1. The fraction of sp³-hybridized carbons (Fsp3) is 0.0952. The summed E-state index contributed by atoms with van der Waals surface area (Å²) in [5.41, 5.74) is 9.54. The van der Waals surface area contributed by atoms with E-state index < -0.39 is 0 Å². The lowest BCUT2D eigenvalue weighted by Gasteiger charge is -2.06. The lowest BCUT2D eigenvalue weighted by atomic mass is 10.1. The van der Waals surface area contributed by atoms with Crippen molar-refractivity contribution in [2.45, 2.75) is 6.54 Å². The molecule has 0 spiro atoms. The smallest absolute Gasteiger partial charge is 0.221 e. The molecule has 0 aliphatic rings. The number of ether oxygens (including phenoxy) is 1. The van der Waals surface area contributed by atoms with Gasteiger partial charge in [-0.3, -0.25) is 0 Å². The second kappa shape index (κ2) is 7.28. The fourth-order valence-corrected chi connectivity index (χ4v) is 3.49. The third-order valence-electron chi connectivity index (χ3n) is 4.84. The Labute approximate surface area is 171 Å². The van der Waals surface area contributed by atoms with Crippen molar-refractivity contribution in [1.29, 1.82) is 0 Å². The second-order valence-electron chi connectivity index (χ2n) is 6.67. The topological polar surface area (TPSA) is 120 Å². The van der Waals surface area contributed by atoms with E-state index in [9.17, 15) is 0 Å². The summed E-state index contributed by atoms with van der Waals surface area (Å²) in [6.07, 6.45) is 5.09. The molecular weight excluding hydrogens is 380 g/mol. The minimum Gasteiger partial charge on any atom is -0.481 e. The number of anilines is 1. The van der Waals surface area contributed by atoms with Gasteiger partial charge in [0.25, 0.3) is 0 Å². The summed E-state index contributed by atoms with van der Waals surface area (Å²) in [5, 5.41) is 9.30. The Kier molecular flexibility index (Phi) is 4.32. The standard InChI is InChI=1S/C21H18N8O/c1-30-21-14(8-5-9-23-21)15-10-29(20-17(15)18(22)24-12-25-20)11-16-26-19(28-27-16)13-6-3-2-4-7-13/h2-10,12H,11H2,1H3,(H2,22,24,25)(H,26,27,28). The Balaban J connectivity index is 1.59. The Morgan fingerprint density at radius 1 is 1.00 bits per heavy atom. The van der Waals surface area contributed by atoms with Crippen LogP contribution in [0.15, 0.2) is 61.2 Å². The van der Waals surface area contributed by atoms with E-state index in [0.717, 1.165) is 22.1 Å². The van der Waals surface area contributed by atoms with Gasteiger partial charge in [-0.2, -0.15) is 0 Å². The number of hydrogen-bond donors (Lipinski definition) is 2. The van der Waals surface area contributed by atoms with Crippen molar-refractivity contribution in [3.63, 3.8) is 0 Å². The molecule has 0 saturated carbocycles. The van der Waals surface area contributed by atoms with E-state index in [4.69, 9.17) is 10.5 Å². The summed E-state index contributed by atoms with van der Waals surface area (Å²) in [6.45, 7) is 0.440. The maximum absolute atomic E-state index is 6.21. The number of rotatable bonds is 5. The predicted molar refractivity (Wildman–Crippen MR) is 113 cm³/mol. The van der Waals surface area contributed by atoms with E-state index in [2.05, 4.69) is 30.1 Å². The minimum atomic E-state index is 0.391. The molecule has 0 aliphatic heterocycles. The summed E-state index contributed by atoms with van der Waals surface area (Å²) in [6, 6.07) is 13.6. The van der Waals surface area contributed by atoms with Crippen LogP contribution in [-0.4, -0.2) is 41.8 Å². The zero-order chi connectivity index (χ0) is 20.5. The van der Waals surface area contributed by atoms with Crippen molar-refractivity contribution < 1.29 is 4.74 Å². The Bertz CT molecular complexity index is 1330. The van der Waals surface area contributed by atoms with E-state index in [1.54, 1.807) is 13.3 Å². The molecule has 0 amide bonds. The van der Waals surface area contributed by atoms with Crippen molar-refractivity contribution in [3.05, 3.63) is 67.0 Å². The Morgan fingerprint density at radius 3 is 2.70 bits per heavy atom. The molecule has 9 heteroatoms. The van der Waals surface area contributed by atoms with Crippen LogP contribution in [0.3, 0.4) is 0 Å². The number of nitrogens with zero attached hydrogens (tertiary/aromatic N) is 6. The van der Waals surface area contributed by atoms with E-state index in [1.807, 2.05) is 53.2 Å². The number of H-pyrrole nitrogens is 1. The fourth-order valence-electron chi connectivity index (χ4n) is 3.49. The minimum absolute atomic E-state index is 0.391. The number of nitrogen functional groups attached to an aromatic ring is 1. The third kappa shape index (κ3) is 3.02. The molecule has 4 aromatic heterocycles. The van der Waals surface area contributed by atoms with E-state index in [0.29, 0.717) is 35.5 Å². The second-order valence-corrected chi connectivity index (χ2v) is 6.67. The molecule has 5 aromatic rings. The van der Waals surface area contributed by atoms with Crippen LogP contribution in [0.4, 0.5) is 5.82 Å². The highest BCUT2D eigenvalue weighted by Crippen LogP contribution is 2.36. The average molecular weight is 398 g/mol. The van der Waals surface area contributed by atoms with Gasteiger partial charge in [0.15, 0.2) is 11.6 Å². The highest BCUT2D eigenvalue weighted by atomic mass is 16.5. The first-order chi connectivity index (χ1) is 14.7. The number of hydrogen-bond acceptors (Lipinski definition) is 7. The van der Waals surface area contributed by atoms with Gasteiger partial charge in [0.05, 0.1) is 19.0 Å². The number of nitrogens with one attached hydrogen (secondary N) is 1. The zero-order valence-corrected chi connectivity index (χ0v) is 16.1. The molecule has 3 N–H and O–H groups in total. The Morgan fingerprint density at radius 2 is 1.87 bits per heavy atom. The molecule has 0 saturated heterocycles. The van der Waals surface area contributed by atoms with Crippen molar-refractivity contribution in [3.8, 4) is 28.4 Å². The summed E-state index contributed by atoms with van der Waals surface area (Å²) in [4.78, 5) is 16.2. The van der Waals surface area contributed by atoms with E-state index >= 15 is 0 Å². The van der Waals surface area contributed by atoms with Gasteiger partial charge in [-0.1, -0.05) is 30.3 Å². The zero-order valence-electron chi connectivity index (χ0n) is 16.1. The van der Waals surface area contributed by atoms with Gasteiger partial charge in [0.1, 0.15) is 17.8 Å². The maximum Gasteiger partial charge on any atom is 0.221 e. The van der Waals surface area contributed by atoms with Crippen LogP contribution in [0.2, 0.25) is 0 Å². The molecule has 0 radical (unpaired) electrons. The largest absolute Gasteiger partial charge is 0.481 e. The molecule has 1 aromatic carbocycles. The highest BCUT2D eigenvalue weighted by Gasteiger charge is 2.19. The van der Waals surface area contributed by atoms with Gasteiger partial charge < -0.3 is 20.0 Å². The lowest BCUT2D eigenvalue weighted by Crippen LogP contribution is -2.02. The molecular formula is C21H18N8O. The number of methoxy groups -OCH3 is 1. The number of benzene rings is 1. The number of aromatic amines is 1. The van der Waals surface area contributed by atoms with Gasteiger partial charge in [-0.25, -0.2) is 15.0 Å². The van der Waals surface area contributed by atoms with Crippen LogP contribution < -0.4 is 10.5 Å². The summed E-state index contributed by atoms with van der Waals surface area (Å²) in [5.74, 6) is 2.31. The molecule has 0 bridgehead atoms. The maximum atomic E-state index is 6.21. The average Bonchev–Trinajstić information content (AvgIpc) is 3.40. The first-order valence-corrected chi connectivity index (χ1v) is 9.30. The van der Waals surface area contributed by atoms with Crippen molar-refractivity contribution >= 4 is 16.9 Å². The van der Waals surface area contributed by atoms with Gasteiger partial charge in [0.2, 0.25) is 5.88 Å². The SMILES string of the molecule is COc1ncccc1-c1cn(Cc2nnc(-c3ccccc3)[nH]2)c2ncnc(N)c12.